The summed E-state index contributed by atoms with van der Waals surface area (Å²) < 4.78 is 0. The number of nitrogens with zero attached hydrogens (tertiary/aromatic N) is 1. The summed E-state index contributed by atoms with van der Waals surface area (Å²) >= 11 is 0. The first-order valence-electron chi connectivity index (χ1n) is 9.20. The summed E-state index contributed by atoms with van der Waals surface area (Å²) in [5, 5.41) is 10.8. The van der Waals surface area contributed by atoms with E-state index in [-0.39, 0.29) is 18.5 Å². The number of H-pyrrole nitrogens is 1. The first-order valence-corrected chi connectivity index (χ1v) is 9.20. The van der Waals surface area contributed by atoms with Crippen molar-refractivity contribution in [2.75, 3.05) is 13.1 Å². The van der Waals surface area contributed by atoms with Gasteiger partial charge in [0, 0.05) is 42.1 Å². The van der Waals surface area contributed by atoms with Crippen molar-refractivity contribution in [1.29, 1.82) is 0 Å². The number of benzene rings is 2. The molecule has 6 nitrogen and oxygen atoms in total. The lowest BCUT2D eigenvalue weighted by atomic mass is 9.98. The maximum atomic E-state index is 13.3. The molecule has 1 amide bonds. The van der Waals surface area contributed by atoms with Gasteiger partial charge in [-0.3, -0.25) is 4.79 Å². The predicted molar refractivity (Wildman–Crippen MR) is 106 cm³/mol. The van der Waals surface area contributed by atoms with Crippen LogP contribution in [-0.4, -0.2) is 46.1 Å². The van der Waals surface area contributed by atoms with Crippen LogP contribution in [0, 0.1) is 0 Å². The van der Waals surface area contributed by atoms with Gasteiger partial charge in [0.25, 0.3) is 5.91 Å². The molecule has 0 saturated carbocycles. The van der Waals surface area contributed by atoms with Crippen molar-refractivity contribution in [2.45, 2.75) is 25.1 Å². The van der Waals surface area contributed by atoms with Gasteiger partial charge in [-0.05, 0) is 23.6 Å². The number of hydrogen-bond acceptors (Lipinski definition) is 4. The number of rotatable bonds is 5. The number of aliphatic hydroxyl groups excluding tert-OH is 1. The molecule has 2 aromatic carbocycles. The van der Waals surface area contributed by atoms with Crippen LogP contribution in [0.4, 0.5) is 0 Å². The number of amides is 1. The zero-order valence-electron chi connectivity index (χ0n) is 15.1. The largest absolute Gasteiger partial charge is 0.392 e. The van der Waals surface area contributed by atoms with Gasteiger partial charge in [0.1, 0.15) is 5.69 Å². The fourth-order valence-electron chi connectivity index (χ4n) is 3.87. The Morgan fingerprint density at radius 1 is 1.15 bits per heavy atom. The maximum absolute atomic E-state index is 13.3. The monoisotopic (exact) mass is 364 g/mol. The number of para-hydroxylation sites is 1. The van der Waals surface area contributed by atoms with Crippen molar-refractivity contribution in [3.05, 3.63) is 59.8 Å². The zero-order valence-corrected chi connectivity index (χ0v) is 15.1. The molecule has 6 heteroatoms. The molecule has 0 radical (unpaired) electrons. The van der Waals surface area contributed by atoms with Crippen LogP contribution < -0.4 is 11.5 Å². The van der Waals surface area contributed by atoms with Crippen molar-refractivity contribution in [2.24, 2.45) is 11.5 Å². The fraction of sp³-hybridized carbons (Fsp3) is 0.286. The van der Waals surface area contributed by atoms with Crippen LogP contribution in [0.1, 0.15) is 22.5 Å². The Bertz CT molecular complexity index is 981. The minimum atomic E-state index is -0.655. The lowest BCUT2D eigenvalue weighted by molar-refractivity contribution is 0.0713. The highest BCUT2D eigenvalue weighted by molar-refractivity contribution is 6.11. The number of hydrogen-bond donors (Lipinski definition) is 4. The van der Waals surface area contributed by atoms with Gasteiger partial charge in [0.2, 0.25) is 0 Å². The van der Waals surface area contributed by atoms with Gasteiger partial charge in [-0.2, -0.15) is 0 Å². The molecule has 0 spiro atoms. The molecule has 6 N–H and O–H groups in total. The number of aromatic amines is 1. The smallest absolute Gasteiger partial charge is 0.271 e. The lowest BCUT2D eigenvalue weighted by Gasteiger charge is -2.25. The summed E-state index contributed by atoms with van der Waals surface area (Å²) in [5.74, 6) is -0.0740. The number of aliphatic hydroxyl groups is 1. The minimum Gasteiger partial charge on any atom is -0.392 e. The molecule has 1 unspecified atom stereocenters. The summed E-state index contributed by atoms with van der Waals surface area (Å²) in [6.07, 6.45) is -0.292. The van der Waals surface area contributed by atoms with Gasteiger partial charge < -0.3 is 26.5 Å². The first kappa shape index (κ1) is 17.7. The van der Waals surface area contributed by atoms with E-state index in [4.69, 9.17) is 11.5 Å². The van der Waals surface area contributed by atoms with E-state index in [9.17, 15) is 9.90 Å². The molecular weight excluding hydrogens is 340 g/mol. The standard InChI is InChI=1S/C21H24N4O2/c22-10-15(26)9-14(23)12-25-11-13-5-1-2-6-16(13)19-17-7-3-4-8-18(17)24-20(19)21(25)27/h1-8,14-15,24,26H,9-12,22-23H2/t14-,15?/m0/s1. The predicted octanol–water partition coefficient (Wildman–Crippen LogP) is 1.83. The highest BCUT2D eigenvalue weighted by Crippen LogP contribution is 2.38. The maximum Gasteiger partial charge on any atom is 0.271 e. The topological polar surface area (TPSA) is 108 Å². The minimum absolute atomic E-state index is 0.0740. The molecule has 1 aliphatic rings. The molecule has 27 heavy (non-hydrogen) atoms. The molecule has 1 aromatic heterocycles. The second kappa shape index (κ2) is 7.15. The van der Waals surface area contributed by atoms with E-state index in [0.29, 0.717) is 25.2 Å². The third-order valence-electron chi connectivity index (χ3n) is 5.16. The van der Waals surface area contributed by atoms with Crippen molar-refractivity contribution in [3.63, 3.8) is 0 Å². The normalized spacial score (nSPS) is 16.0. The Labute approximate surface area is 157 Å². The van der Waals surface area contributed by atoms with E-state index in [1.165, 1.54) is 0 Å². The van der Waals surface area contributed by atoms with Crippen molar-refractivity contribution in [1.82, 2.24) is 9.88 Å². The molecule has 2 atom stereocenters. The van der Waals surface area contributed by atoms with E-state index in [0.717, 1.165) is 27.6 Å². The molecule has 4 rings (SSSR count). The summed E-state index contributed by atoms with van der Waals surface area (Å²) in [5.41, 5.74) is 16.3. The van der Waals surface area contributed by atoms with Crippen LogP contribution in [-0.2, 0) is 6.54 Å². The average molecular weight is 364 g/mol. The lowest BCUT2D eigenvalue weighted by Crippen LogP contribution is -2.43. The van der Waals surface area contributed by atoms with Gasteiger partial charge in [-0.1, -0.05) is 42.5 Å². The highest BCUT2D eigenvalue weighted by Gasteiger charge is 2.30. The van der Waals surface area contributed by atoms with Gasteiger partial charge in [0.15, 0.2) is 0 Å². The second-order valence-electron chi connectivity index (χ2n) is 7.15. The van der Waals surface area contributed by atoms with E-state index < -0.39 is 6.10 Å². The zero-order chi connectivity index (χ0) is 19.0. The van der Waals surface area contributed by atoms with Crippen molar-refractivity contribution < 1.29 is 9.90 Å². The van der Waals surface area contributed by atoms with Crippen molar-refractivity contribution in [3.8, 4) is 11.1 Å². The molecular formula is C21H24N4O2. The molecule has 2 heterocycles. The number of carbonyl (C=O) groups is 1. The fourth-order valence-corrected chi connectivity index (χ4v) is 3.87. The third-order valence-corrected chi connectivity index (χ3v) is 5.16. The Hall–Kier alpha value is -2.67. The Kier molecular flexibility index (Phi) is 4.70. The number of fused-ring (bicyclic) bond motifs is 5. The van der Waals surface area contributed by atoms with Crippen LogP contribution >= 0.6 is 0 Å². The molecule has 0 saturated heterocycles. The van der Waals surface area contributed by atoms with E-state index in [1.54, 1.807) is 4.90 Å². The Morgan fingerprint density at radius 3 is 2.70 bits per heavy atom. The Balaban J connectivity index is 1.77. The van der Waals surface area contributed by atoms with E-state index >= 15 is 0 Å². The number of nitrogens with two attached hydrogens (primary N) is 2. The van der Waals surface area contributed by atoms with Crippen LogP contribution in [0.5, 0.6) is 0 Å². The average Bonchev–Trinajstić information content (AvgIpc) is 3.01. The SMILES string of the molecule is NCC(O)C[C@H](N)CN1Cc2ccccc2-c2c([nH]c3ccccc23)C1=O. The van der Waals surface area contributed by atoms with E-state index in [1.807, 2.05) is 42.5 Å². The molecule has 1 aliphatic heterocycles. The number of aromatic nitrogens is 1. The molecule has 0 bridgehead atoms. The quantitative estimate of drug-likeness (QED) is 0.554. The van der Waals surface area contributed by atoms with Crippen LogP contribution in [0.25, 0.3) is 22.0 Å². The number of carbonyl (C=O) groups excluding carboxylic acids is 1. The van der Waals surface area contributed by atoms with E-state index in [2.05, 4.69) is 11.1 Å². The van der Waals surface area contributed by atoms with Gasteiger partial charge >= 0.3 is 0 Å². The summed E-state index contributed by atoms with van der Waals surface area (Å²) in [4.78, 5) is 18.4. The molecule has 3 aromatic rings. The van der Waals surface area contributed by atoms with Gasteiger partial charge in [-0.15, -0.1) is 0 Å². The number of nitrogens with one attached hydrogen (secondary N) is 1. The molecule has 0 aliphatic carbocycles. The highest BCUT2D eigenvalue weighted by atomic mass is 16.3. The van der Waals surface area contributed by atoms with Crippen LogP contribution in [0.3, 0.4) is 0 Å². The summed E-state index contributed by atoms with van der Waals surface area (Å²) in [7, 11) is 0. The second-order valence-corrected chi connectivity index (χ2v) is 7.15. The molecule has 140 valence electrons. The third kappa shape index (κ3) is 3.23. The summed E-state index contributed by atoms with van der Waals surface area (Å²) in [6, 6.07) is 15.7. The van der Waals surface area contributed by atoms with Crippen molar-refractivity contribution >= 4 is 16.8 Å². The molecule has 0 fully saturated rings. The van der Waals surface area contributed by atoms with Crippen LogP contribution in [0.15, 0.2) is 48.5 Å². The Morgan fingerprint density at radius 2 is 1.89 bits per heavy atom. The van der Waals surface area contributed by atoms with Gasteiger partial charge in [0.05, 0.1) is 6.10 Å². The van der Waals surface area contributed by atoms with Gasteiger partial charge in [-0.25, -0.2) is 0 Å². The first-order chi connectivity index (χ1) is 13.1. The van der Waals surface area contributed by atoms with Crippen LogP contribution in [0.2, 0.25) is 0 Å². The summed E-state index contributed by atoms with van der Waals surface area (Å²) in [6.45, 7) is 1.01.